The standard InChI is InChI=1S/C24H23N3O5/c1-32-18-7-2-14(3-8-18)10-11-25-19-9-6-17(13-20(19)27(30)31)26-23(28)21-15-4-5-16(12-15)22(21)24(26)29/h2-9,13,15-16,21-22,25H,10-12H2,1H3/t15-,16-,21+,22+/m0/s1. The van der Waals surface area contributed by atoms with Gasteiger partial charge in [-0.25, -0.2) is 4.90 Å². The third-order valence-corrected chi connectivity index (χ3v) is 6.79. The molecule has 32 heavy (non-hydrogen) atoms. The Morgan fingerprint density at radius 1 is 1.06 bits per heavy atom. The number of carbonyl (C=O) groups excluding carboxylic acids is 2. The molecule has 2 aliphatic carbocycles. The lowest BCUT2D eigenvalue weighted by atomic mass is 9.85. The van der Waals surface area contributed by atoms with Crippen LogP contribution in [-0.4, -0.2) is 30.4 Å². The zero-order valence-electron chi connectivity index (χ0n) is 17.6. The molecule has 1 N–H and O–H groups in total. The van der Waals surface area contributed by atoms with Crippen LogP contribution in [0.2, 0.25) is 0 Å². The molecule has 8 heteroatoms. The topological polar surface area (TPSA) is 102 Å². The van der Waals surface area contributed by atoms with E-state index in [4.69, 9.17) is 4.74 Å². The van der Waals surface area contributed by atoms with E-state index in [2.05, 4.69) is 5.32 Å². The van der Waals surface area contributed by atoms with Crippen molar-refractivity contribution in [2.24, 2.45) is 23.7 Å². The van der Waals surface area contributed by atoms with Gasteiger partial charge in [-0.1, -0.05) is 24.3 Å². The van der Waals surface area contributed by atoms with Gasteiger partial charge >= 0.3 is 0 Å². The quantitative estimate of drug-likeness (QED) is 0.310. The highest BCUT2D eigenvalue weighted by molar-refractivity contribution is 6.23. The number of ether oxygens (including phenoxy) is 1. The molecule has 164 valence electrons. The molecule has 0 radical (unpaired) electrons. The summed E-state index contributed by atoms with van der Waals surface area (Å²) in [6.45, 7) is 0.493. The van der Waals surface area contributed by atoms with Gasteiger partial charge in [0.2, 0.25) is 11.8 Å². The molecule has 2 aromatic carbocycles. The zero-order chi connectivity index (χ0) is 22.4. The molecular formula is C24H23N3O5. The summed E-state index contributed by atoms with van der Waals surface area (Å²) in [5.74, 6) is -0.192. The Bertz CT molecular complexity index is 1100. The van der Waals surface area contributed by atoms with Crippen molar-refractivity contribution in [1.29, 1.82) is 0 Å². The number of hydrogen-bond donors (Lipinski definition) is 1. The summed E-state index contributed by atoms with van der Waals surface area (Å²) in [6.07, 6.45) is 5.57. The Hall–Kier alpha value is -3.68. The number of benzene rings is 2. The number of nitrogens with zero attached hydrogens (tertiary/aromatic N) is 2. The molecule has 2 amide bonds. The number of imide groups is 1. The normalized spacial score (nSPS) is 25.3. The van der Waals surface area contributed by atoms with E-state index in [1.54, 1.807) is 19.2 Å². The first-order valence-electron chi connectivity index (χ1n) is 10.7. The SMILES string of the molecule is COc1ccc(CCNc2ccc(N3C(=O)[C@H]4[C@H](C3=O)[C@H]3C=C[C@H]4C3)cc2[N+](=O)[O-])cc1. The Morgan fingerprint density at radius 2 is 1.72 bits per heavy atom. The van der Waals surface area contributed by atoms with Gasteiger partial charge in [0.1, 0.15) is 11.4 Å². The highest BCUT2D eigenvalue weighted by Crippen LogP contribution is 2.53. The first kappa shape index (κ1) is 20.2. The molecule has 1 saturated heterocycles. The van der Waals surface area contributed by atoms with Crippen LogP contribution < -0.4 is 15.0 Å². The second-order valence-corrected chi connectivity index (χ2v) is 8.50. The fraction of sp³-hybridized carbons (Fsp3) is 0.333. The number of anilines is 2. The number of carbonyl (C=O) groups is 2. The molecule has 0 spiro atoms. The number of methoxy groups -OCH3 is 1. The van der Waals surface area contributed by atoms with E-state index in [9.17, 15) is 19.7 Å². The van der Waals surface area contributed by atoms with Crippen molar-refractivity contribution in [3.63, 3.8) is 0 Å². The van der Waals surface area contributed by atoms with Crippen molar-refractivity contribution < 1.29 is 19.2 Å². The Labute approximate surface area is 185 Å². The number of amides is 2. The van der Waals surface area contributed by atoms with Crippen LogP contribution in [0.15, 0.2) is 54.6 Å². The fourth-order valence-corrected chi connectivity index (χ4v) is 5.25. The Morgan fingerprint density at radius 3 is 2.31 bits per heavy atom. The smallest absolute Gasteiger partial charge is 0.294 e. The lowest BCUT2D eigenvalue weighted by Crippen LogP contribution is -2.32. The second-order valence-electron chi connectivity index (χ2n) is 8.50. The number of allylic oxidation sites excluding steroid dienone is 2. The Kier molecular flexibility index (Phi) is 4.92. The van der Waals surface area contributed by atoms with Gasteiger partial charge in [0.15, 0.2) is 0 Å². The molecule has 1 saturated carbocycles. The number of rotatable bonds is 7. The van der Waals surface area contributed by atoms with E-state index >= 15 is 0 Å². The lowest BCUT2D eigenvalue weighted by molar-refractivity contribution is -0.383. The van der Waals surface area contributed by atoms with E-state index in [-0.39, 0.29) is 46.9 Å². The maximum atomic E-state index is 13.0. The van der Waals surface area contributed by atoms with Crippen LogP contribution >= 0.6 is 0 Å². The van der Waals surface area contributed by atoms with Crippen molar-refractivity contribution in [1.82, 2.24) is 0 Å². The van der Waals surface area contributed by atoms with Gasteiger partial charge in [-0.15, -0.1) is 0 Å². The van der Waals surface area contributed by atoms with E-state index < -0.39 is 4.92 Å². The summed E-state index contributed by atoms with van der Waals surface area (Å²) in [5.41, 5.74) is 1.53. The molecule has 2 fully saturated rings. The molecule has 2 aromatic rings. The van der Waals surface area contributed by atoms with Crippen LogP contribution in [0.4, 0.5) is 17.1 Å². The minimum Gasteiger partial charge on any atom is -0.497 e. The number of nitrogens with one attached hydrogen (secondary N) is 1. The number of nitro groups is 1. The molecule has 2 bridgehead atoms. The molecule has 5 rings (SSSR count). The van der Waals surface area contributed by atoms with Crippen molar-refractivity contribution in [3.05, 3.63) is 70.3 Å². The first-order valence-corrected chi connectivity index (χ1v) is 10.7. The average molecular weight is 433 g/mol. The van der Waals surface area contributed by atoms with Crippen molar-refractivity contribution in [2.45, 2.75) is 12.8 Å². The lowest BCUT2D eigenvalue weighted by Gasteiger charge is -2.18. The molecule has 0 unspecified atom stereocenters. The molecular weight excluding hydrogens is 410 g/mol. The molecule has 4 atom stereocenters. The Balaban J connectivity index is 1.33. The molecule has 3 aliphatic rings. The van der Waals surface area contributed by atoms with Gasteiger partial charge in [0, 0.05) is 12.6 Å². The summed E-state index contributed by atoms with van der Waals surface area (Å²) in [5, 5.41) is 14.8. The number of hydrogen-bond acceptors (Lipinski definition) is 6. The predicted molar refractivity (Wildman–Crippen MR) is 118 cm³/mol. The fourth-order valence-electron chi connectivity index (χ4n) is 5.25. The molecule has 1 heterocycles. The third-order valence-electron chi connectivity index (χ3n) is 6.79. The summed E-state index contributed by atoms with van der Waals surface area (Å²) in [6, 6.07) is 12.1. The van der Waals surface area contributed by atoms with Crippen molar-refractivity contribution >= 4 is 28.9 Å². The summed E-state index contributed by atoms with van der Waals surface area (Å²) in [4.78, 5) is 38.4. The highest BCUT2D eigenvalue weighted by atomic mass is 16.6. The van der Waals surface area contributed by atoms with Gasteiger partial charge in [-0.2, -0.15) is 0 Å². The van der Waals surface area contributed by atoms with E-state index in [1.165, 1.54) is 6.07 Å². The summed E-state index contributed by atoms with van der Waals surface area (Å²) in [7, 11) is 1.61. The summed E-state index contributed by atoms with van der Waals surface area (Å²) >= 11 is 0. The van der Waals surface area contributed by atoms with Crippen molar-refractivity contribution in [3.8, 4) is 5.75 Å². The van der Waals surface area contributed by atoms with Crippen LogP contribution in [0.25, 0.3) is 0 Å². The van der Waals surface area contributed by atoms with Crippen LogP contribution in [0, 0.1) is 33.8 Å². The van der Waals surface area contributed by atoms with Gasteiger partial charge in [0.05, 0.1) is 29.6 Å². The molecule has 1 aliphatic heterocycles. The largest absolute Gasteiger partial charge is 0.497 e. The van der Waals surface area contributed by atoms with Gasteiger partial charge < -0.3 is 10.1 Å². The summed E-state index contributed by atoms with van der Waals surface area (Å²) < 4.78 is 5.15. The zero-order valence-corrected chi connectivity index (χ0v) is 17.6. The van der Waals surface area contributed by atoms with E-state index in [1.807, 2.05) is 36.4 Å². The second kappa shape index (κ2) is 7.78. The number of nitro benzene ring substituents is 1. The molecule has 8 nitrogen and oxygen atoms in total. The van der Waals surface area contributed by atoms with E-state index in [0.717, 1.165) is 22.6 Å². The predicted octanol–water partition coefficient (Wildman–Crippen LogP) is 3.57. The van der Waals surface area contributed by atoms with Gasteiger partial charge in [-0.05, 0) is 54.5 Å². The third kappa shape index (κ3) is 3.23. The van der Waals surface area contributed by atoms with Gasteiger partial charge in [-0.3, -0.25) is 19.7 Å². The average Bonchev–Trinajstić information content (AvgIpc) is 3.48. The van der Waals surface area contributed by atoms with Crippen LogP contribution in [0.5, 0.6) is 5.75 Å². The monoisotopic (exact) mass is 433 g/mol. The van der Waals surface area contributed by atoms with Gasteiger partial charge in [0.25, 0.3) is 5.69 Å². The molecule has 0 aromatic heterocycles. The number of fused-ring (bicyclic) bond motifs is 5. The van der Waals surface area contributed by atoms with Crippen LogP contribution in [-0.2, 0) is 16.0 Å². The minimum absolute atomic E-state index is 0.0975. The highest BCUT2D eigenvalue weighted by Gasteiger charge is 2.59. The van der Waals surface area contributed by atoms with Crippen molar-refractivity contribution in [2.75, 3.05) is 23.9 Å². The maximum Gasteiger partial charge on any atom is 0.294 e. The van der Waals surface area contributed by atoms with E-state index in [0.29, 0.717) is 18.7 Å². The first-order chi connectivity index (χ1) is 15.5. The van der Waals surface area contributed by atoms with Crippen LogP contribution in [0.1, 0.15) is 12.0 Å². The minimum atomic E-state index is -0.490. The maximum absolute atomic E-state index is 13.0. The van der Waals surface area contributed by atoms with Crippen LogP contribution in [0.3, 0.4) is 0 Å².